The van der Waals surface area contributed by atoms with E-state index in [0.29, 0.717) is 5.82 Å². The second kappa shape index (κ2) is 6.18. The Labute approximate surface area is 116 Å². The normalized spacial score (nSPS) is 11.2. The number of nitrogens with zero attached hydrogens (tertiary/aromatic N) is 2. The first-order chi connectivity index (χ1) is 8.33. The van der Waals surface area contributed by atoms with Crippen LogP contribution in [0.2, 0.25) is 0 Å². The molecule has 1 rings (SSSR count). The van der Waals surface area contributed by atoms with Crippen molar-refractivity contribution in [3.05, 3.63) is 23.9 Å². The fourth-order valence-corrected chi connectivity index (χ4v) is 1.79. The molecule has 0 N–H and O–H groups in total. The molecule has 0 aromatic carbocycles. The van der Waals surface area contributed by atoms with Crippen molar-refractivity contribution in [1.82, 2.24) is 4.98 Å². The number of hydrogen-bond acceptors (Lipinski definition) is 3. The first-order valence-electron chi connectivity index (χ1n) is 5.81. The SMILES string of the molecule is CN(C(=O)OC(C)(C)C)c1cc(CCBr)ccn1. The van der Waals surface area contributed by atoms with E-state index in [0.717, 1.165) is 17.3 Å². The number of carbonyl (C=O) groups is 1. The highest BCUT2D eigenvalue weighted by molar-refractivity contribution is 9.09. The van der Waals surface area contributed by atoms with Crippen LogP contribution in [-0.4, -0.2) is 29.1 Å². The fraction of sp³-hybridized carbons (Fsp3) is 0.538. The molecule has 1 heterocycles. The van der Waals surface area contributed by atoms with E-state index in [1.807, 2.05) is 32.9 Å². The lowest BCUT2D eigenvalue weighted by Gasteiger charge is -2.24. The van der Waals surface area contributed by atoms with Crippen LogP contribution in [0.3, 0.4) is 0 Å². The van der Waals surface area contributed by atoms with E-state index in [4.69, 9.17) is 4.74 Å². The predicted molar refractivity (Wildman–Crippen MR) is 76.4 cm³/mol. The number of rotatable bonds is 3. The largest absolute Gasteiger partial charge is 0.443 e. The standard InChI is InChI=1S/C13H19BrN2O2/c1-13(2,3)18-12(17)16(4)11-9-10(5-7-14)6-8-15-11/h6,8-9H,5,7H2,1-4H3. The molecule has 0 aliphatic heterocycles. The van der Waals surface area contributed by atoms with E-state index in [-0.39, 0.29) is 0 Å². The fourth-order valence-electron chi connectivity index (χ4n) is 1.33. The summed E-state index contributed by atoms with van der Waals surface area (Å²) in [5, 5.41) is 0.882. The van der Waals surface area contributed by atoms with E-state index < -0.39 is 11.7 Å². The molecule has 0 bridgehead atoms. The molecular weight excluding hydrogens is 296 g/mol. The Hall–Kier alpha value is -1.10. The third-order valence-corrected chi connectivity index (χ3v) is 2.60. The second-order valence-electron chi connectivity index (χ2n) is 5.00. The lowest BCUT2D eigenvalue weighted by molar-refractivity contribution is 0.0588. The first kappa shape index (κ1) is 15.0. The summed E-state index contributed by atoms with van der Waals surface area (Å²) in [6, 6.07) is 3.83. The average Bonchev–Trinajstić information content (AvgIpc) is 2.26. The van der Waals surface area contributed by atoms with E-state index in [9.17, 15) is 4.79 Å². The molecule has 0 aliphatic rings. The molecule has 0 saturated carbocycles. The van der Waals surface area contributed by atoms with Gasteiger partial charge in [-0.05, 0) is 44.9 Å². The van der Waals surface area contributed by atoms with Crippen molar-refractivity contribution < 1.29 is 9.53 Å². The highest BCUT2D eigenvalue weighted by atomic mass is 79.9. The smallest absolute Gasteiger partial charge is 0.415 e. The summed E-state index contributed by atoms with van der Waals surface area (Å²) >= 11 is 3.39. The Bertz CT molecular complexity index is 416. The summed E-state index contributed by atoms with van der Waals surface area (Å²) in [7, 11) is 1.66. The molecule has 18 heavy (non-hydrogen) atoms. The summed E-state index contributed by atoms with van der Waals surface area (Å²) in [5.41, 5.74) is 0.631. The zero-order valence-electron chi connectivity index (χ0n) is 11.2. The number of ether oxygens (including phenoxy) is 1. The van der Waals surface area contributed by atoms with Crippen LogP contribution in [-0.2, 0) is 11.2 Å². The van der Waals surface area contributed by atoms with Crippen LogP contribution in [0, 0.1) is 0 Å². The van der Waals surface area contributed by atoms with E-state index in [1.165, 1.54) is 4.90 Å². The summed E-state index contributed by atoms with van der Waals surface area (Å²) in [6.07, 6.45) is 2.21. The molecule has 0 unspecified atom stereocenters. The minimum Gasteiger partial charge on any atom is -0.443 e. The van der Waals surface area contributed by atoms with Gasteiger partial charge in [0.15, 0.2) is 0 Å². The Morgan fingerprint density at radius 1 is 1.50 bits per heavy atom. The average molecular weight is 315 g/mol. The number of alkyl halides is 1. The van der Waals surface area contributed by atoms with Crippen molar-refractivity contribution in [2.45, 2.75) is 32.8 Å². The van der Waals surface area contributed by atoms with Crippen LogP contribution in [0.1, 0.15) is 26.3 Å². The van der Waals surface area contributed by atoms with Gasteiger partial charge in [0.1, 0.15) is 11.4 Å². The predicted octanol–water partition coefficient (Wildman–Crippen LogP) is 3.39. The van der Waals surface area contributed by atoms with Crippen LogP contribution in [0.5, 0.6) is 0 Å². The van der Waals surface area contributed by atoms with Gasteiger partial charge in [0, 0.05) is 18.6 Å². The zero-order valence-corrected chi connectivity index (χ0v) is 12.8. The molecular formula is C13H19BrN2O2. The monoisotopic (exact) mass is 314 g/mol. The van der Waals surface area contributed by atoms with Gasteiger partial charge < -0.3 is 4.74 Å². The van der Waals surface area contributed by atoms with Crippen LogP contribution >= 0.6 is 15.9 Å². The van der Waals surface area contributed by atoms with Crippen LogP contribution < -0.4 is 4.90 Å². The molecule has 0 spiro atoms. The molecule has 0 aliphatic carbocycles. The minimum absolute atomic E-state index is 0.397. The van der Waals surface area contributed by atoms with Gasteiger partial charge in [0.2, 0.25) is 0 Å². The molecule has 0 fully saturated rings. The summed E-state index contributed by atoms with van der Waals surface area (Å²) in [4.78, 5) is 17.5. The van der Waals surface area contributed by atoms with Crippen molar-refractivity contribution in [2.75, 3.05) is 17.3 Å². The third-order valence-electron chi connectivity index (χ3n) is 2.20. The Morgan fingerprint density at radius 2 is 2.17 bits per heavy atom. The summed E-state index contributed by atoms with van der Waals surface area (Å²) < 4.78 is 5.29. The third kappa shape index (κ3) is 4.64. The minimum atomic E-state index is -0.501. The number of carbonyl (C=O) groups excluding carboxylic acids is 1. The Morgan fingerprint density at radius 3 is 2.72 bits per heavy atom. The quantitative estimate of drug-likeness (QED) is 0.803. The number of anilines is 1. The molecule has 5 heteroatoms. The molecule has 0 atom stereocenters. The van der Waals surface area contributed by atoms with Gasteiger partial charge in [-0.15, -0.1) is 0 Å². The molecule has 1 aromatic heterocycles. The van der Waals surface area contributed by atoms with E-state index >= 15 is 0 Å². The Balaban J connectivity index is 2.80. The van der Waals surface area contributed by atoms with Crippen molar-refractivity contribution in [2.24, 2.45) is 0 Å². The van der Waals surface area contributed by atoms with Gasteiger partial charge in [-0.1, -0.05) is 15.9 Å². The van der Waals surface area contributed by atoms with Gasteiger partial charge in [0.05, 0.1) is 0 Å². The maximum Gasteiger partial charge on any atom is 0.415 e. The first-order valence-corrected chi connectivity index (χ1v) is 6.93. The van der Waals surface area contributed by atoms with Crippen LogP contribution in [0.4, 0.5) is 10.6 Å². The van der Waals surface area contributed by atoms with Crippen LogP contribution in [0.25, 0.3) is 0 Å². The van der Waals surface area contributed by atoms with Crippen molar-refractivity contribution >= 4 is 27.8 Å². The summed E-state index contributed by atoms with van der Waals surface area (Å²) in [5.74, 6) is 0.600. The number of aromatic nitrogens is 1. The van der Waals surface area contributed by atoms with Gasteiger partial charge in [0.25, 0.3) is 0 Å². The van der Waals surface area contributed by atoms with E-state index in [1.54, 1.807) is 13.2 Å². The maximum atomic E-state index is 11.9. The second-order valence-corrected chi connectivity index (χ2v) is 5.79. The summed E-state index contributed by atoms with van der Waals surface area (Å²) in [6.45, 7) is 5.52. The van der Waals surface area contributed by atoms with Crippen molar-refractivity contribution in [3.63, 3.8) is 0 Å². The molecule has 1 amide bonds. The van der Waals surface area contributed by atoms with Crippen molar-refractivity contribution in [3.8, 4) is 0 Å². The lowest BCUT2D eigenvalue weighted by Crippen LogP contribution is -2.34. The topological polar surface area (TPSA) is 42.4 Å². The maximum absolute atomic E-state index is 11.9. The number of halogens is 1. The number of aryl methyl sites for hydroxylation is 1. The molecule has 1 aromatic rings. The van der Waals surface area contributed by atoms with Gasteiger partial charge in [-0.3, -0.25) is 4.90 Å². The Kier molecular flexibility index (Phi) is 5.14. The zero-order chi connectivity index (χ0) is 13.8. The number of pyridine rings is 1. The van der Waals surface area contributed by atoms with Gasteiger partial charge in [-0.2, -0.15) is 0 Å². The molecule has 4 nitrogen and oxygen atoms in total. The number of hydrogen-bond donors (Lipinski definition) is 0. The van der Waals surface area contributed by atoms with Crippen molar-refractivity contribution in [1.29, 1.82) is 0 Å². The van der Waals surface area contributed by atoms with Gasteiger partial charge in [-0.25, -0.2) is 9.78 Å². The molecule has 0 radical (unpaired) electrons. The van der Waals surface area contributed by atoms with Crippen LogP contribution in [0.15, 0.2) is 18.3 Å². The molecule has 100 valence electrons. The van der Waals surface area contributed by atoms with Gasteiger partial charge >= 0.3 is 6.09 Å². The lowest BCUT2D eigenvalue weighted by atomic mass is 10.2. The highest BCUT2D eigenvalue weighted by Crippen LogP contribution is 2.16. The van der Waals surface area contributed by atoms with E-state index in [2.05, 4.69) is 20.9 Å². The highest BCUT2D eigenvalue weighted by Gasteiger charge is 2.21. The molecule has 0 saturated heterocycles. The number of amides is 1.